The summed E-state index contributed by atoms with van der Waals surface area (Å²) in [6.07, 6.45) is -4.49. The molecule has 0 atom stereocenters. The molecule has 0 aliphatic carbocycles. The Labute approximate surface area is 145 Å². The molecule has 4 nitrogen and oxygen atoms in total. The minimum absolute atomic E-state index is 0.152. The van der Waals surface area contributed by atoms with Crippen LogP contribution in [0.3, 0.4) is 0 Å². The van der Waals surface area contributed by atoms with E-state index in [-0.39, 0.29) is 22.7 Å². The second-order valence-electron chi connectivity index (χ2n) is 5.37. The van der Waals surface area contributed by atoms with E-state index in [9.17, 15) is 22.4 Å². The van der Waals surface area contributed by atoms with Crippen molar-refractivity contribution in [3.8, 4) is 17.1 Å². The van der Waals surface area contributed by atoms with E-state index in [2.05, 4.69) is 16.1 Å². The van der Waals surface area contributed by atoms with Gasteiger partial charge in [0, 0.05) is 30.1 Å². The third-order valence-electron chi connectivity index (χ3n) is 3.55. The molecule has 1 N–H and O–H groups in total. The highest BCUT2D eigenvalue weighted by atomic mass is 19.4. The molecule has 0 unspecified atom stereocenters. The standard InChI is InChI=1S/C18H12F4NO3/c1-23-17(24)15-13-7-6-12(25-9-18(20,21)22)8-14(13)26-16(15)10-2-4-11(19)5-3-10/h2-5,7-8H,9H2,1H3,(H,23,24). The minimum Gasteiger partial charge on any atom is -0.483 e. The fraction of sp³-hybridized carbons (Fsp3) is 0.167. The van der Waals surface area contributed by atoms with Crippen molar-refractivity contribution in [2.45, 2.75) is 6.18 Å². The molecule has 135 valence electrons. The van der Waals surface area contributed by atoms with Crippen molar-refractivity contribution < 1.29 is 31.5 Å². The van der Waals surface area contributed by atoms with Crippen molar-refractivity contribution in [3.05, 3.63) is 53.8 Å². The van der Waals surface area contributed by atoms with Crippen LogP contribution < -0.4 is 10.1 Å². The molecule has 0 spiro atoms. The van der Waals surface area contributed by atoms with Crippen molar-refractivity contribution in [3.63, 3.8) is 0 Å². The molecule has 1 amide bonds. The Morgan fingerprint density at radius 2 is 1.96 bits per heavy atom. The van der Waals surface area contributed by atoms with Gasteiger partial charge >= 0.3 is 6.18 Å². The first-order valence-electron chi connectivity index (χ1n) is 7.44. The second kappa shape index (κ2) is 6.70. The van der Waals surface area contributed by atoms with Gasteiger partial charge in [-0.3, -0.25) is 4.79 Å². The number of fused-ring (bicyclic) bond motifs is 1. The zero-order chi connectivity index (χ0) is 18.9. The van der Waals surface area contributed by atoms with Gasteiger partial charge in [0.2, 0.25) is 0 Å². The van der Waals surface area contributed by atoms with Crippen molar-refractivity contribution in [1.29, 1.82) is 0 Å². The Morgan fingerprint density at radius 3 is 2.58 bits per heavy atom. The Morgan fingerprint density at radius 1 is 1.27 bits per heavy atom. The highest BCUT2D eigenvalue weighted by Crippen LogP contribution is 2.35. The number of halogens is 4. The molecular weight excluding hydrogens is 354 g/mol. The first-order valence-corrected chi connectivity index (χ1v) is 7.44. The van der Waals surface area contributed by atoms with Gasteiger partial charge in [0.05, 0.1) is 5.56 Å². The Kier molecular flexibility index (Phi) is 4.58. The van der Waals surface area contributed by atoms with E-state index in [1.807, 2.05) is 0 Å². The molecule has 8 heteroatoms. The smallest absolute Gasteiger partial charge is 0.422 e. The van der Waals surface area contributed by atoms with E-state index in [0.717, 1.165) is 0 Å². The van der Waals surface area contributed by atoms with Crippen molar-refractivity contribution in [1.82, 2.24) is 5.32 Å². The summed E-state index contributed by atoms with van der Waals surface area (Å²) in [5.74, 6) is -0.915. The monoisotopic (exact) mass is 366 g/mol. The molecule has 1 aromatic heterocycles. The van der Waals surface area contributed by atoms with Crippen LogP contribution in [0.5, 0.6) is 5.75 Å². The summed E-state index contributed by atoms with van der Waals surface area (Å²) >= 11 is 0. The number of carbonyl (C=O) groups excluding carboxylic acids is 1. The number of amides is 1. The molecule has 0 saturated heterocycles. The molecule has 1 radical (unpaired) electrons. The fourth-order valence-corrected chi connectivity index (χ4v) is 2.41. The van der Waals surface area contributed by atoms with Gasteiger partial charge in [-0.05, 0) is 30.3 Å². The molecule has 0 aliphatic heterocycles. The van der Waals surface area contributed by atoms with E-state index in [0.29, 0.717) is 10.9 Å². The molecule has 0 saturated carbocycles. The lowest BCUT2D eigenvalue weighted by Gasteiger charge is -2.08. The van der Waals surface area contributed by atoms with Crippen LogP contribution in [-0.2, 0) is 0 Å². The number of nitrogens with one attached hydrogen (secondary N) is 1. The summed E-state index contributed by atoms with van der Waals surface area (Å²) in [5, 5.41) is 2.82. The van der Waals surface area contributed by atoms with Crippen molar-refractivity contribution in [2.75, 3.05) is 13.7 Å². The van der Waals surface area contributed by atoms with E-state index >= 15 is 0 Å². The van der Waals surface area contributed by atoms with Crippen LogP contribution in [0.4, 0.5) is 17.6 Å². The molecule has 2 aromatic carbocycles. The summed E-state index contributed by atoms with van der Waals surface area (Å²) in [4.78, 5) is 12.3. The number of furan rings is 1. The van der Waals surface area contributed by atoms with E-state index < -0.39 is 24.5 Å². The number of benzene rings is 2. The minimum atomic E-state index is -4.49. The van der Waals surface area contributed by atoms with Gasteiger partial charge in [0.15, 0.2) is 6.61 Å². The van der Waals surface area contributed by atoms with E-state index in [4.69, 9.17) is 4.42 Å². The Hall–Kier alpha value is -3.03. The molecule has 26 heavy (non-hydrogen) atoms. The number of hydrogen-bond acceptors (Lipinski definition) is 3. The molecular formula is C18H12F4NO3. The maximum atomic E-state index is 13.1. The predicted molar refractivity (Wildman–Crippen MR) is 85.4 cm³/mol. The van der Waals surface area contributed by atoms with Gasteiger partial charge in [0.1, 0.15) is 22.9 Å². The quantitative estimate of drug-likeness (QED) is 0.699. The number of carbonyl (C=O) groups is 1. The highest BCUT2D eigenvalue weighted by molar-refractivity contribution is 6.11. The number of alkyl halides is 3. The summed E-state index contributed by atoms with van der Waals surface area (Å²) in [6, 6.07) is 10.4. The zero-order valence-corrected chi connectivity index (χ0v) is 13.4. The number of ether oxygens (including phenoxy) is 1. The topological polar surface area (TPSA) is 51.5 Å². The third-order valence-corrected chi connectivity index (χ3v) is 3.55. The highest BCUT2D eigenvalue weighted by Gasteiger charge is 2.29. The normalized spacial score (nSPS) is 11.6. The van der Waals surface area contributed by atoms with E-state index in [1.54, 1.807) is 0 Å². The van der Waals surface area contributed by atoms with Crippen LogP contribution in [0, 0.1) is 11.9 Å². The maximum absolute atomic E-state index is 13.1. The van der Waals surface area contributed by atoms with Gasteiger partial charge < -0.3 is 14.5 Å². The van der Waals surface area contributed by atoms with Gasteiger partial charge in [-0.15, -0.1) is 0 Å². The molecule has 3 rings (SSSR count). The summed E-state index contributed by atoms with van der Waals surface area (Å²) in [6.45, 7) is -1.47. The predicted octanol–water partition coefficient (Wildman–Crippen LogP) is 4.34. The maximum Gasteiger partial charge on any atom is 0.422 e. The van der Waals surface area contributed by atoms with Gasteiger partial charge in [0.25, 0.3) is 5.91 Å². The van der Waals surface area contributed by atoms with Crippen LogP contribution >= 0.6 is 0 Å². The van der Waals surface area contributed by atoms with Crippen molar-refractivity contribution in [2.24, 2.45) is 0 Å². The Balaban J connectivity index is 2.08. The summed E-state index contributed by atoms with van der Waals surface area (Å²) < 4.78 is 60.3. The molecule has 0 aliphatic rings. The van der Waals surface area contributed by atoms with Crippen molar-refractivity contribution >= 4 is 16.9 Å². The summed E-state index contributed by atoms with van der Waals surface area (Å²) in [5.41, 5.74) is 0.769. The fourth-order valence-electron chi connectivity index (χ4n) is 2.41. The number of rotatable bonds is 4. The van der Waals surface area contributed by atoms with Crippen LogP contribution in [-0.4, -0.2) is 25.7 Å². The summed E-state index contributed by atoms with van der Waals surface area (Å²) in [7, 11) is 1.43. The lowest BCUT2D eigenvalue weighted by atomic mass is 10.0. The zero-order valence-electron chi connectivity index (χ0n) is 13.4. The van der Waals surface area contributed by atoms with Crippen LogP contribution in [0.25, 0.3) is 22.3 Å². The van der Waals surface area contributed by atoms with E-state index in [1.165, 1.54) is 43.4 Å². The molecule has 0 bridgehead atoms. The first kappa shape index (κ1) is 17.8. The number of hydrogen-bond donors (Lipinski definition) is 1. The molecule has 0 fully saturated rings. The lowest BCUT2D eigenvalue weighted by Crippen LogP contribution is -2.19. The molecule has 1 heterocycles. The third kappa shape index (κ3) is 3.63. The van der Waals surface area contributed by atoms with Crippen LogP contribution in [0.2, 0.25) is 0 Å². The van der Waals surface area contributed by atoms with Gasteiger partial charge in [-0.2, -0.15) is 13.2 Å². The van der Waals surface area contributed by atoms with Crippen LogP contribution in [0.15, 0.2) is 40.8 Å². The van der Waals surface area contributed by atoms with Gasteiger partial charge in [-0.25, -0.2) is 4.39 Å². The SMILES string of the molecule is CNC(=O)c1c(-c2ccc(F)cc2)oc2cc(OCC(F)(F)F)[c]cc12. The second-order valence-corrected chi connectivity index (χ2v) is 5.37. The first-order chi connectivity index (χ1) is 12.3. The largest absolute Gasteiger partial charge is 0.483 e. The Bertz CT molecular complexity index is 945. The molecule has 3 aromatic rings. The van der Waals surface area contributed by atoms with Crippen LogP contribution in [0.1, 0.15) is 10.4 Å². The average molecular weight is 366 g/mol. The van der Waals surface area contributed by atoms with Gasteiger partial charge in [-0.1, -0.05) is 0 Å². The lowest BCUT2D eigenvalue weighted by molar-refractivity contribution is -0.153. The average Bonchev–Trinajstić information content (AvgIpc) is 2.98.